The predicted molar refractivity (Wildman–Crippen MR) is 53.7 cm³/mol. The number of anilines is 1. The molecule has 0 aromatic heterocycles. The number of nitrogens with two attached hydrogens (primary N) is 1. The number of hydrogen-bond donors (Lipinski definition) is 1. The van der Waals surface area contributed by atoms with E-state index in [0.717, 1.165) is 21.9 Å². The van der Waals surface area contributed by atoms with Crippen LogP contribution in [0.25, 0.3) is 10.8 Å². The molecule has 2 N–H and O–H groups in total. The van der Waals surface area contributed by atoms with Gasteiger partial charge in [0, 0.05) is 5.69 Å². The van der Waals surface area contributed by atoms with Crippen LogP contribution in [0.3, 0.4) is 0 Å². The van der Waals surface area contributed by atoms with E-state index in [-0.39, 0.29) is 0 Å². The summed E-state index contributed by atoms with van der Waals surface area (Å²) in [4.78, 5) is 0. The summed E-state index contributed by atoms with van der Waals surface area (Å²) < 4.78 is 0. The molecule has 0 aliphatic heterocycles. The summed E-state index contributed by atoms with van der Waals surface area (Å²) in [6.45, 7) is 0. The lowest BCUT2D eigenvalue weighted by Gasteiger charge is -2.00. The molecule has 2 aromatic rings. The molecule has 1 nitrogen and oxygen atoms in total. The van der Waals surface area contributed by atoms with Crippen molar-refractivity contribution >= 4 is 29.8 Å². The molecule has 0 bridgehead atoms. The molecular weight excluding hydrogens is 145 g/mol. The summed E-state index contributed by atoms with van der Waals surface area (Å²) in [7, 11) is 5.63. The van der Waals surface area contributed by atoms with Crippen LogP contribution >= 0.6 is 0 Å². The third-order valence-corrected chi connectivity index (χ3v) is 1.89. The van der Waals surface area contributed by atoms with Gasteiger partial charge < -0.3 is 5.73 Å². The maximum absolute atomic E-state index is 5.63. The van der Waals surface area contributed by atoms with Crippen LogP contribution in [0.2, 0.25) is 0 Å². The first kappa shape index (κ1) is 7.23. The molecule has 2 aromatic carbocycles. The molecule has 0 saturated carbocycles. The Hall–Kier alpha value is -1.44. The maximum Gasteiger partial charge on any atom is 0.113 e. The van der Waals surface area contributed by atoms with Crippen LogP contribution in [0.4, 0.5) is 5.69 Å². The van der Waals surface area contributed by atoms with Crippen LogP contribution in [-0.4, -0.2) is 7.85 Å². The first-order chi connectivity index (χ1) is 5.75. The highest BCUT2D eigenvalue weighted by atomic mass is 14.5. The Labute approximate surface area is 72.6 Å². The molecule has 2 rings (SSSR count). The maximum atomic E-state index is 5.63. The van der Waals surface area contributed by atoms with Gasteiger partial charge in [-0.2, -0.15) is 0 Å². The van der Waals surface area contributed by atoms with Gasteiger partial charge in [0.25, 0.3) is 0 Å². The molecule has 0 saturated heterocycles. The summed E-state index contributed by atoms with van der Waals surface area (Å²) >= 11 is 0. The molecule has 12 heavy (non-hydrogen) atoms. The smallest absolute Gasteiger partial charge is 0.113 e. The zero-order valence-electron chi connectivity index (χ0n) is 6.62. The van der Waals surface area contributed by atoms with E-state index in [9.17, 15) is 0 Å². The van der Waals surface area contributed by atoms with E-state index in [1.165, 1.54) is 0 Å². The average Bonchev–Trinajstić information content (AvgIpc) is 2.05. The van der Waals surface area contributed by atoms with Crippen molar-refractivity contribution in [2.45, 2.75) is 0 Å². The van der Waals surface area contributed by atoms with E-state index in [1.807, 2.05) is 36.4 Å². The Kier molecular flexibility index (Phi) is 1.54. The van der Waals surface area contributed by atoms with Crippen LogP contribution in [0.1, 0.15) is 0 Å². The van der Waals surface area contributed by atoms with Gasteiger partial charge in [0.2, 0.25) is 0 Å². The van der Waals surface area contributed by atoms with Gasteiger partial charge in [-0.3, -0.25) is 0 Å². The van der Waals surface area contributed by atoms with E-state index >= 15 is 0 Å². The van der Waals surface area contributed by atoms with Gasteiger partial charge in [-0.25, -0.2) is 0 Å². The van der Waals surface area contributed by atoms with Gasteiger partial charge in [0.15, 0.2) is 0 Å². The van der Waals surface area contributed by atoms with Gasteiger partial charge in [-0.05, 0) is 22.9 Å². The predicted octanol–water partition coefficient (Wildman–Crippen LogP) is 1.22. The summed E-state index contributed by atoms with van der Waals surface area (Å²) in [5.74, 6) is 0. The Morgan fingerprint density at radius 3 is 2.42 bits per heavy atom. The van der Waals surface area contributed by atoms with Gasteiger partial charge in [0.1, 0.15) is 7.85 Å². The van der Waals surface area contributed by atoms with Gasteiger partial charge >= 0.3 is 0 Å². The molecule has 2 heteroatoms. The molecule has 0 amide bonds. The van der Waals surface area contributed by atoms with Crippen molar-refractivity contribution in [3.05, 3.63) is 36.4 Å². The fraction of sp³-hybridized carbons (Fsp3) is 0. The molecule has 0 atom stereocenters. The van der Waals surface area contributed by atoms with Crippen molar-refractivity contribution in [3.8, 4) is 0 Å². The summed E-state index contributed by atoms with van der Waals surface area (Å²) in [5, 5.41) is 2.26. The normalized spacial score (nSPS) is 10.3. The van der Waals surface area contributed by atoms with Crippen LogP contribution in [0.5, 0.6) is 0 Å². The van der Waals surface area contributed by atoms with E-state index in [1.54, 1.807) is 0 Å². The minimum atomic E-state index is 0.785. The second kappa shape index (κ2) is 2.56. The number of nitrogen functional groups attached to an aromatic ring is 1. The quantitative estimate of drug-likeness (QED) is 0.446. The minimum absolute atomic E-state index is 0.785. The number of hydrogen-bond acceptors (Lipinski definition) is 1. The lowest BCUT2D eigenvalue weighted by atomic mass is 9.93. The highest BCUT2D eigenvalue weighted by molar-refractivity contribution is 6.33. The first-order valence-corrected chi connectivity index (χ1v) is 3.80. The molecular formula is C10H8BN. The van der Waals surface area contributed by atoms with E-state index in [2.05, 4.69) is 0 Å². The third kappa shape index (κ3) is 1.16. The van der Waals surface area contributed by atoms with E-state index in [4.69, 9.17) is 13.6 Å². The van der Waals surface area contributed by atoms with Crippen molar-refractivity contribution < 1.29 is 0 Å². The van der Waals surface area contributed by atoms with E-state index < -0.39 is 0 Å². The van der Waals surface area contributed by atoms with Gasteiger partial charge in [-0.1, -0.05) is 29.7 Å². The Bertz CT molecular complexity index is 382. The van der Waals surface area contributed by atoms with Crippen molar-refractivity contribution in [3.63, 3.8) is 0 Å². The largest absolute Gasteiger partial charge is 0.399 e. The Morgan fingerprint density at radius 1 is 0.917 bits per heavy atom. The molecule has 0 aliphatic rings. The topological polar surface area (TPSA) is 26.0 Å². The molecule has 2 radical (unpaired) electrons. The van der Waals surface area contributed by atoms with Crippen LogP contribution in [0, 0.1) is 0 Å². The fourth-order valence-corrected chi connectivity index (χ4v) is 1.28. The first-order valence-electron chi connectivity index (χ1n) is 3.80. The van der Waals surface area contributed by atoms with Crippen LogP contribution in [0.15, 0.2) is 36.4 Å². The van der Waals surface area contributed by atoms with Crippen molar-refractivity contribution in [2.75, 3.05) is 5.73 Å². The van der Waals surface area contributed by atoms with Crippen molar-refractivity contribution in [1.82, 2.24) is 0 Å². The van der Waals surface area contributed by atoms with Crippen molar-refractivity contribution in [2.24, 2.45) is 0 Å². The molecule has 0 heterocycles. The second-order valence-corrected chi connectivity index (χ2v) is 2.87. The number of fused-ring (bicyclic) bond motifs is 1. The standard InChI is InChI=1S/C10H8BN/c11-9-3-1-8-6-10(12)4-2-7(8)5-9/h1-6H,12H2. The van der Waals surface area contributed by atoms with Gasteiger partial charge in [-0.15, -0.1) is 0 Å². The summed E-state index contributed by atoms with van der Waals surface area (Å²) in [5.41, 5.74) is 7.20. The summed E-state index contributed by atoms with van der Waals surface area (Å²) in [6, 6.07) is 11.6. The number of rotatable bonds is 0. The fourth-order valence-electron chi connectivity index (χ4n) is 1.28. The second-order valence-electron chi connectivity index (χ2n) is 2.87. The average molecular weight is 153 g/mol. The Balaban J connectivity index is 2.79. The molecule has 56 valence electrons. The minimum Gasteiger partial charge on any atom is -0.399 e. The zero-order chi connectivity index (χ0) is 8.55. The third-order valence-electron chi connectivity index (χ3n) is 1.89. The highest BCUT2D eigenvalue weighted by Crippen LogP contribution is 2.15. The van der Waals surface area contributed by atoms with Crippen LogP contribution in [-0.2, 0) is 0 Å². The molecule has 0 aliphatic carbocycles. The monoisotopic (exact) mass is 153 g/mol. The Morgan fingerprint density at radius 2 is 1.58 bits per heavy atom. The lowest BCUT2D eigenvalue weighted by molar-refractivity contribution is 1.75. The SMILES string of the molecule is [B]c1ccc2cc(N)ccc2c1. The highest BCUT2D eigenvalue weighted by Gasteiger charge is 1.92. The molecule has 0 spiro atoms. The van der Waals surface area contributed by atoms with Gasteiger partial charge in [0.05, 0.1) is 0 Å². The molecule has 0 unspecified atom stereocenters. The number of benzene rings is 2. The molecule has 0 fully saturated rings. The van der Waals surface area contributed by atoms with Crippen LogP contribution < -0.4 is 11.2 Å². The van der Waals surface area contributed by atoms with E-state index in [0.29, 0.717) is 0 Å². The lowest BCUT2D eigenvalue weighted by Crippen LogP contribution is -1.99. The zero-order valence-corrected chi connectivity index (χ0v) is 6.62. The van der Waals surface area contributed by atoms with Crippen molar-refractivity contribution in [1.29, 1.82) is 0 Å². The summed E-state index contributed by atoms with van der Waals surface area (Å²) in [6.07, 6.45) is 0.